The van der Waals surface area contributed by atoms with Crippen molar-refractivity contribution >= 4 is 21.7 Å². The Labute approximate surface area is 126 Å². The third kappa shape index (κ3) is 2.38. The normalized spacial score (nSPS) is 13.1. The van der Waals surface area contributed by atoms with Crippen LogP contribution in [0.4, 0.5) is 0 Å². The summed E-state index contributed by atoms with van der Waals surface area (Å²) in [6.07, 6.45) is 3.40. The number of halogens is 1. The van der Waals surface area contributed by atoms with Gasteiger partial charge in [0.05, 0.1) is 12.7 Å². The van der Waals surface area contributed by atoms with Crippen LogP contribution in [-0.2, 0) is 12.8 Å². The minimum absolute atomic E-state index is 0.0176. The fourth-order valence-electron chi connectivity index (χ4n) is 2.72. The summed E-state index contributed by atoms with van der Waals surface area (Å²) in [6.45, 7) is 0. The Morgan fingerprint density at radius 3 is 2.70 bits per heavy atom. The smallest absolute Gasteiger partial charge is 0.196 e. The minimum Gasteiger partial charge on any atom is -0.496 e. The van der Waals surface area contributed by atoms with Crippen molar-refractivity contribution in [3.8, 4) is 5.75 Å². The summed E-state index contributed by atoms with van der Waals surface area (Å²) in [5.74, 6) is 0.619. The molecule has 0 aliphatic heterocycles. The first-order valence-corrected chi connectivity index (χ1v) is 7.48. The fraction of sp³-hybridized carbons (Fsp3) is 0.235. The zero-order chi connectivity index (χ0) is 14.1. The van der Waals surface area contributed by atoms with Crippen molar-refractivity contribution in [1.29, 1.82) is 0 Å². The van der Waals surface area contributed by atoms with Gasteiger partial charge in [0.25, 0.3) is 0 Å². The van der Waals surface area contributed by atoms with E-state index in [1.54, 1.807) is 13.2 Å². The van der Waals surface area contributed by atoms with Crippen LogP contribution in [-0.4, -0.2) is 12.9 Å². The van der Waals surface area contributed by atoms with Crippen molar-refractivity contribution in [2.75, 3.05) is 7.11 Å². The summed E-state index contributed by atoms with van der Waals surface area (Å²) in [7, 11) is 1.58. The molecule has 0 radical (unpaired) electrons. The van der Waals surface area contributed by atoms with Gasteiger partial charge in [0.15, 0.2) is 5.78 Å². The van der Waals surface area contributed by atoms with E-state index in [0.717, 1.165) is 22.9 Å². The molecule has 0 atom stereocenters. The molecule has 0 heterocycles. The van der Waals surface area contributed by atoms with Gasteiger partial charge in [-0.25, -0.2) is 0 Å². The van der Waals surface area contributed by atoms with Crippen LogP contribution in [0.2, 0.25) is 0 Å². The van der Waals surface area contributed by atoms with Crippen molar-refractivity contribution in [3.05, 3.63) is 63.1 Å². The molecule has 0 amide bonds. The molecule has 0 saturated carbocycles. The average Bonchev–Trinajstić information content (AvgIpc) is 2.93. The number of carbonyl (C=O) groups is 1. The van der Waals surface area contributed by atoms with Gasteiger partial charge in [-0.3, -0.25) is 4.79 Å². The highest BCUT2D eigenvalue weighted by Gasteiger charge is 2.18. The highest BCUT2D eigenvalue weighted by atomic mass is 79.9. The van der Waals surface area contributed by atoms with Gasteiger partial charge in [-0.15, -0.1) is 0 Å². The van der Waals surface area contributed by atoms with Crippen molar-refractivity contribution < 1.29 is 9.53 Å². The van der Waals surface area contributed by atoms with Gasteiger partial charge >= 0.3 is 0 Å². The number of ether oxygens (including phenoxy) is 1. The van der Waals surface area contributed by atoms with E-state index in [1.807, 2.05) is 24.3 Å². The van der Waals surface area contributed by atoms with Gasteiger partial charge in [0.1, 0.15) is 5.75 Å². The number of benzene rings is 2. The lowest BCUT2D eigenvalue weighted by Crippen LogP contribution is -2.04. The molecule has 0 saturated heterocycles. The van der Waals surface area contributed by atoms with E-state index in [9.17, 15) is 4.79 Å². The maximum atomic E-state index is 12.6. The van der Waals surface area contributed by atoms with Crippen LogP contribution in [0.3, 0.4) is 0 Å². The quantitative estimate of drug-likeness (QED) is 0.789. The molecule has 2 aromatic carbocycles. The Hall–Kier alpha value is -1.61. The van der Waals surface area contributed by atoms with Gasteiger partial charge in [0.2, 0.25) is 0 Å². The predicted molar refractivity (Wildman–Crippen MR) is 82.6 cm³/mol. The maximum absolute atomic E-state index is 12.6. The Bertz CT molecular complexity index is 677. The van der Waals surface area contributed by atoms with Gasteiger partial charge in [0, 0.05) is 10.0 Å². The van der Waals surface area contributed by atoms with Gasteiger partial charge < -0.3 is 4.74 Å². The van der Waals surface area contributed by atoms with Crippen LogP contribution < -0.4 is 4.74 Å². The molecule has 102 valence electrons. The zero-order valence-corrected chi connectivity index (χ0v) is 12.9. The first-order chi connectivity index (χ1) is 9.69. The zero-order valence-electron chi connectivity index (χ0n) is 11.3. The summed E-state index contributed by atoms with van der Waals surface area (Å²) in [4.78, 5) is 12.6. The van der Waals surface area contributed by atoms with E-state index in [4.69, 9.17) is 4.74 Å². The van der Waals surface area contributed by atoms with Crippen LogP contribution in [0.15, 0.2) is 40.9 Å². The predicted octanol–water partition coefficient (Wildman–Crippen LogP) is 4.18. The largest absolute Gasteiger partial charge is 0.496 e. The molecule has 20 heavy (non-hydrogen) atoms. The molecular formula is C17H15BrO2. The molecule has 2 nitrogen and oxygen atoms in total. The number of methoxy groups -OCH3 is 1. The van der Waals surface area contributed by atoms with Crippen molar-refractivity contribution in [2.24, 2.45) is 0 Å². The third-order valence-electron chi connectivity index (χ3n) is 3.77. The lowest BCUT2D eigenvalue weighted by molar-refractivity contribution is 0.103. The van der Waals surface area contributed by atoms with Crippen LogP contribution in [0.5, 0.6) is 5.75 Å². The molecule has 3 rings (SSSR count). The van der Waals surface area contributed by atoms with E-state index in [2.05, 4.69) is 22.0 Å². The lowest BCUT2D eigenvalue weighted by atomic mass is 9.99. The monoisotopic (exact) mass is 330 g/mol. The van der Waals surface area contributed by atoms with E-state index < -0.39 is 0 Å². The second-order valence-corrected chi connectivity index (χ2v) is 5.93. The van der Waals surface area contributed by atoms with Crippen LogP contribution in [0.25, 0.3) is 0 Å². The Morgan fingerprint density at radius 1 is 1.10 bits per heavy atom. The second-order valence-electron chi connectivity index (χ2n) is 5.01. The molecule has 1 aliphatic carbocycles. The van der Waals surface area contributed by atoms with Crippen LogP contribution in [0.1, 0.15) is 33.5 Å². The lowest BCUT2D eigenvalue weighted by Gasteiger charge is -2.09. The number of rotatable bonds is 3. The average molecular weight is 331 g/mol. The van der Waals surface area contributed by atoms with Gasteiger partial charge in [-0.2, -0.15) is 0 Å². The fourth-order valence-corrected chi connectivity index (χ4v) is 3.06. The van der Waals surface area contributed by atoms with E-state index in [0.29, 0.717) is 11.3 Å². The van der Waals surface area contributed by atoms with Crippen molar-refractivity contribution in [3.63, 3.8) is 0 Å². The Kier molecular flexibility index (Phi) is 3.62. The number of hydrogen-bond acceptors (Lipinski definition) is 2. The van der Waals surface area contributed by atoms with Crippen molar-refractivity contribution in [1.82, 2.24) is 0 Å². The van der Waals surface area contributed by atoms with Gasteiger partial charge in [-0.1, -0.05) is 28.1 Å². The molecular weight excluding hydrogens is 316 g/mol. The minimum atomic E-state index is 0.0176. The molecule has 2 aromatic rings. The highest BCUT2D eigenvalue weighted by molar-refractivity contribution is 9.10. The number of carbonyl (C=O) groups excluding carboxylic acids is 1. The summed E-state index contributed by atoms with van der Waals surface area (Å²) < 4.78 is 6.21. The van der Waals surface area contributed by atoms with Crippen molar-refractivity contribution in [2.45, 2.75) is 19.3 Å². The molecule has 0 N–H and O–H groups in total. The highest BCUT2D eigenvalue weighted by Crippen LogP contribution is 2.28. The second kappa shape index (κ2) is 5.41. The summed E-state index contributed by atoms with van der Waals surface area (Å²) in [5.41, 5.74) is 4.04. The molecule has 0 bridgehead atoms. The number of hydrogen-bond donors (Lipinski definition) is 0. The first kappa shape index (κ1) is 13.4. The molecule has 1 aliphatic rings. The van der Waals surface area contributed by atoms with Crippen LogP contribution in [0, 0.1) is 0 Å². The number of ketones is 1. The molecule has 0 spiro atoms. The molecule has 3 heteroatoms. The molecule has 0 aromatic heterocycles. The Morgan fingerprint density at radius 2 is 1.90 bits per heavy atom. The molecule has 0 unspecified atom stereocenters. The SMILES string of the molecule is COc1cc(Br)ccc1C(=O)c1ccc2c(c1)CCC2. The summed E-state index contributed by atoms with van der Waals surface area (Å²) in [5, 5.41) is 0. The number of fused-ring (bicyclic) bond motifs is 1. The number of aryl methyl sites for hydroxylation is 2. The topological polar surface area (TPSA) is 26.3 Å². The third-order valence-corrected chi connectivity index (χ3v) is 4.26. The van der Waals surface area contributed by atoms with Crippen LogP contribution >= 0.6 is 15.9 Å². The maximum Gasteiger partial charge on any atom is 0.196 e. The van der Waals surface area contributed by atoms with E-state index >= 15 is 0 Å². The van der Waals surface area contributed by atoms with E-state index in [-0.39, 0.29) is 5.78 Å². The Balaban J connectivity index is 2.00. The van der Waals surface area contributed by atoms with E-state index in [1.165, 1.54) is 17.5 Å². The summed E-state index contributed by atoms with van der Waals surface area (Å²) in [6, 6.07) is 11.5. The first-order valence-electron chi connectivity index (χ1n) is 6.69. The summed E-state index contributed by atoms with van der Waals surface area (Å²) >= 11 is 3.39. The molecule has 0 fully saturated rings. The van der Waals surface area contributed by atoms with Gasteiger partial charge in [-0.05, 0) is 54.7 Å². The standard InChI is InChI=1S/C17H15BrO2/c1-20-16-10-14(18)7-8-15(16)17(19)13-6-5-11-3-2-4-12(11)9-13/h5-10H,2-4H2,1H3.